The summed E-state index contributed by atoms with van der Waals surface area (Å²) in [6.45, 7) is 3.43. The molecule has 22 heavy (non-hydrogen) atoms. The molecule has 0 aliphatic heterocycles. The highest BCUT2D eigenvalue weighted by molar-refractivity contribution is 6.30. The summed E-state index contributed by atoms with van der Waals surface area (Å²) in [5, 5.41) is 12.9. The molecule has 0 aliphatic rings. The molecule has 0 saturated heterocycles. The minimum Gasteiger partial charge on any atom is -0.457 e. The average molecular weight is 320 g/mol. The minimum atomic E-state index is -0.954. The monoisotopic (exact) mass is 319 g/mol. The zero-order chi connectivity index (χ0) is 16.2. The van der Waals surface area contributed by atoms with Gasteiger partial charge in [-0.15, -0.1) is 0 Å². The topological polar surface area (TPSA) is 58.6 Å². The van der Waals surface area contributed by atoms with Gasteiger partial charge in [0.2, 0.25) is 0 Å². The number of hydrogen-bond acceptors (Lipinski definition) is 3. The van der Waals surface area contributed by atoms with Crippen LogP contribution in [0.1, 0.15) is 24.2 Å². The smallest absolute Gasteiger partial charge is 0.251 e. The Hall–Kier alpha value is -2.04. The Morgan fingerprint density at radius 1 is 1.18 bits per heavy atom. The van der Waals surface area contributed by atoms with Crippen molar-refractivity contribution in [1.82, 2.24) is 5.32 Å². The molecule has 5 heteroatoms. The van der Waals surface area contributed by atoms with Crippen molar-refractivity contribution >= 4 is 17.5 Å². The summed E-state index contributed by atoms with van der Waals surface area (Å²) in [4.78, 5) is 12.1. The zero-order valence-electron chi connectivity index (χ0n) is 12.5. The van der Waals surface area contributed by atoms with Crippen molar-refractivity contribution in [2.75, 3.05) is 6.54 Å². The maximum atomic E-state index is 12.1. The Morgan fingerprint density at radius 2 is 1.82 bits per heavy atom. The maximum absolute atomic E-state index is 12.1. The molecule has 0 fully saturated rings. The van der Waals surface area contributed by atoms with Gasteiger partial charge in [-0.05, 0) is 50.2 Å². The lowest BCUT2D eigenvalue weighted by Crippen LogP contribution is -2.38. The molecule has 116 valence electrons. The fourth-order valence-corrected chi connectivity index (χ4v) is 1.95. The molecule has 0 aromatic heterocycles. The van der Waals surface area contributed by atoms with Crippen LogP contribution in [0.2, 0.25) is 5.02 Å². The highest BCUT2D eigenvalue weighted by atomic mass is 35.5. The second-order valence-corrected chi connectivity index (χ2v) is 6.02. The normalized spacial score (nSPS) is 11.1. The van der Waals surface area contributed by atoms with Crippen molar-refractivity contribution in [1.29, 1.82) is 0 Å². The summed E-state index contributed by atoms with van der Waals surface area (Å²) in [6, 6.07) is 13.8. The molecule has 2 aromatic carbocycles. The second kappa shape index (κ2) is 6.81. The van der Waals surface area contributed by atoms with Crippen LogP contribution in [-0.4, -0.2) is 23.2 Å². The van der Waals surface area contributed by atoms with Gasteiger partial charge in [0.1, 0.15) is 11.5 Å². The number of rotatable bonds is 5. The number of amides is 1. The van der Waals surface area contributed by atoms with Crippen molar-refractivity contribution in [2.24, 2.45) is 0 Å². The third-order valence-corrected chi connectivity index (χ3v) is 3.04. The predicted octanol–water partition coefficient (Wildman–Crippen LogP) is 3.63. The number of ether oxygens (including phenoxy) is 1. The molecule has 0 saturated carbocycles. The van der Waals surface area contributed by atoms with Crippen molar-refractivity contribution in [3.8, 4) is 11.5 Å². The molecule has 2 rings (SSSR count). The molecular weight excluding hydrogens is 302 g/mol. The van der Waals surface area contributed by atoms with E-state index in [1.54, 1.807) is 62.4 Å². The largest absolute Gasteiger partial charge is 0.457 e. The van der Waals surface area contributed by atoms with Crippen molar-refractivity contribution in [2.45, 2.75) is 19.4 Å². The molecule has 2 aromatic rings. The maximum Gasteiger partial charge on any atom is 0.251 e. The van der Waals surface area contributed by atoms with Crippen LogP contribution < -0.4 is 10.1 Å². The first-order valence-corrected chi connectivity index (χ1v) is 7.25. The lowest BCUT2D eigenvalue weighted by atomic mass is 10.1. The molecular formula is C17H18ClNO3. The van der Waals surface area contributed by atoms with E-state index in [1.165, 1.54) is 0 Å². The Kier molecular flexibility index (Phi) is 5.06. The van der Waals surface area contributed by atoms with E-state index in [1.807, 2.05) is 0 Å². The van der Waals surface area contributed by atoms with Gasteiger partial charge in [0.25, 0.3) is 5.91 Å². The quantitative estimate of drug-likeness (QED) is 0.884. The van der Waals surface area contributed by atoms with Gasteiger partial charge in [0, 0.05) is 17.1 Å². The Balaban J connectivity index is 2.08. The molecule has 0 spiro atoms. The first-order chi connectivity index (χ1) is 10.3. The van der Waals surface area contributed by atoms with Crippen LogP contribution in [0.3, 0.4) is 0 Å². The summed E-state index contributed by atoms with van der Waals surface area (Å²) in [7, 11) is 0. The van der Waals surface area contributed by atoms with Gasteiger partial charge in [-0.1, -0.05) is 23.7 Å². The fourth-order valence-electron chi connectivity index (χ4n) is 1.77. The van der Waals surface area contributed by atoms with Crippen LogP contribution in [0.5, 0.6) is 11.5 Å². The molecule has 0 unspecified atom stereocenters. The molecule has 0 heterocycles. The Labute approximate surface area is 134 Å². The van der Waals surface area contributed by atoms with Gasteiger partial charge >= 0.3 is 0 Å². The molecule has 1 amide bonds. The van der Waals surface area contributed by atoms with E-state index < -0.39 is 5.60 Å². The van der Waals surface area contributed by atoms with Gasteiger partial charge in [-0.2, -0.15) is 0 Å². The summed E-state index contributed by atoms with van der Waals surface area (Å²) >= 11 is 5.91. The van der Waals surface area contributed by atoms with Gasteiger partial charge < -0.3 is 15.2 Å². The van der Waals surface area contributed by atoms with Crippen LogP contribution in [0, 0.1) is 0 Å². The van der Waals surface area contributed by atoms with E-state index in [4.69, 9.17) is 16.3 Å². The van der Waals surface area contributed by atoms with Crippen molar-refractivity contribution < 1.29 is 14.6 Å². The van der Waals surface area contributed by atoms with E-state index in [9.17, 15) is 9.90 Å². The van der Waals surface area contributed by atoms with Crippen molar-refractivity contribution in [3.63, 3.8) is 0 Å². The summed E-state index contributed by atoms with van der Waals surface area (Å²) in [5.41, 5.74) is -0.492. The number of halogens is 1. The highest BCUT2D eigenvalue weighted by Gasteiger charge is 2.15. The third-order valence-electron chi connectivity index (χ3n) is 2.81. The van der Waals surface area contributed by atoms with Gasteiger partial charge in [-0.3, -0.25) is 4.79 Å². The van der Waals surface area contributed by atoms with Crippen LogP contribution in [0.15, 0.2) is 48.5 Å². The number of carbonyl (C=O) groups is 1. The Morgan fingerprint density at radius 3 is 2.45 bits per heavy atom. The predicted molar refractivity (Wildman–Crippen MR) is 86.6 cm³/mol. The summed E-state index contributed by atoms with van der Waals surface area (Å²) < 4.78 is 5.68. The number of hydrogen-bond donors (Lipinski definition) is 2. The third kappa shape index (κ3) is 5.06. The average Bonchev–Trinajstić information content (AvgIpc) is 2.44. The van der Waals surface area contributed by atoms with E-state index in [2.05, 4.69) is 5.32 Å². The van der Waals surface area contributed by atoms with E-state index in [0.29, 0.717) is 22.1 Å². The molecule has 0 atom stereocenters. The molecule has 2 N–H and O–H groups in total. The summed E-state index contributed by atoms with van der Waals surface area (Å²) in [6.07, 6.45) is 0. The Bertz CT molecular complexity index is 665. The first kappa shape index (κ1) is 16.3. The highest BCUT2D eigenvalue weighted by Crippen LogP contribution is 2.24. The SMILES string of the molecule is CC(C)(O)CNC(=O)c1cccc(Oc2cccc(Cl)c2)c1. The lowest BCUT2D eigenvalue weighted by Gasteiger charge is -2.17. The van der Waals surface area contributed by atoms with Gasteiger partial charge in [0.05, 0.1) is 5.60 Å². The zero-order valence-corrected chi connectivity index (χ0v) is 13.2. The van der Waals surface area contributed by atoms with Crippen LogP contribution in [0.4, 0.5) is 0 Å². The fraction of sp³-hybridized carbons (Fsp3) is 0.235. The van der Waals surface area contributed by atoms with E-state index in [0.717, 1.165) is 0 Å². The number of aliphatic hydroxyl groups is 1. The van der Waals surface area contributed by atoms with Crippen LogP contribution in [0.25, 0.3) is 0 Å². The number of nitrogens with one attached hydrogen (secondary N) is 1. The van der Waals surface area contributed by atoms with Crippen LogP contribution >= 0.6 is 11.6 Å². The van der Waals surface area contributed by atoms with Crippen LogP contribution in [-0.2, 0) is 0 Å². The van der Waals surface area contributed by atoms with E-state index >= 15 is 0 Å². The minimum absolute atomic E-state index is 0.172. The molecule has 0 aliphatic carbocycles. The lowest BCUT2D eigenvalue weighted by molar-refractivity contribution is 0.0694. The van der Waals surface area contributed by atoms with Gasteiger partial charge in [0.15, 0.2) is 0 Å². The standard InChI is InChI=1S/C17H18ClNO3/c1-17(2,21)11-19-16(20)12-5-3-7-14(9-12)22-15-8-4-6-13(18)10-15/h3-10,21H,11H2,1-2H3,(H,19,20). The first-order valence-electron chi connectivity index (χ1n) is 6.87. The summed E-state index contributed by atoms with van der Waals surface area (Å²) in [5.74, 6) is 0.874. The second-order valence-electron chi connectivity index (χ2n) is 5.58. The molecule has 0 radical (unpaired) electrons. The number of carbonyl (C=O) groups excluding carboxylic acids is 1. The van der Waals surface area contributed by atoms with Crippen molar-refractivity contribution in [3.05, 3.63) is 59.1 Å². The molecule has 0 bridgehead atoms. The van der Waals surface area contributed by atoms with Gasteiger partial charge in [-0.25, -0.2) is 0 Å². The number of benzene rings is 2. The molecule has 4 nitrogen and oxygen atoms in total. The van der Waals surface area contributed by atoms with E-state index in [-0.39, 0.29) is 12.5 Å².